The first-order chi connectivity index (χ1) is 19.8. The summed E-state index contributed by atoms with van der Waals surface area (Å²) in [5.74, 6) is 1.21. The number of rotatable bonds is 12. The minimum absolute atomic E-state index is 0.0103. The Morgan fingerprint density at radius 3 is 2.46 bits per heavy atom. The SMILES string of the molecule is COc1cccc(CC(=O)N(CC2CC2)c2nnc(-c3cc(C)c(OCCN4CCC(C(=O)O)CC4)c(C)c3)s2)c1. The molecule has 5 rings (SSSR count). The van der Waals surface area contributed by atoms with Gasteiger partial charge in [-0.2, -0.15) is 0 Å². The van der Waals surface area contributed by atoms with E-state index in [4.69, 9.17) is 9.47 Å². The lowest BCUT2D eigenvalue weighted by molar-refractivity contribution is -0.143. The van der Waals surface area contributed by atoms with Gasteiger partial charge in [0, 0.05) is 18.7 Å². The number of anilines is 1. The number of carbonyl (C=O) groups excluding carboxylic acids is 1. The molecule has 1 aliphatic heterocycles. The van der Waals surface area contributed by atoms with E-state index in [1.165, 1.54) is 11.3 Å². The van der Waals surface area contributed by atoms with Crippen molar-refractivity contribution in [3.63, 3.8) is 0 Å². The van der Waals surface area contributed by atoms with Crippen LogP contribution in [0.3, 0.4) is 0 Å². The minimum Gasteiger partial charge on any atom is -0.497 e. The van der Waals surface area contributed by atoms with E-state index in [1.807, 2.05) is 38.1 Å². The largest absolute Gasteiger partial charge is 0.497 e. The minimum atomic E-state index is -0.690. The first-order valence-electron chi connectivity index (χ1n) is 14.3. The maximum Gasteiger partial charge on any atom is 0.306 e. The summed E-state index contributed by atoms with van der Waals surface area (Å²) in [5, 5.41) is 19.5. The van der Waals surface area contributed by atoms with Gasteiger partial charge in [-0.1, -0.05) is 23.5 Å². The number of carbonyl (C=O) groups is 2. The summed E-state index contributed by atoms with van der Waals surface area (Å²) in [4.78, 5) is 28.7. The summed E-state index contributed by atoms with van der Waals surface area (Å²) in [6.07, 6.45) is 3.93. The molecule has 1 N–H and O–H groups in total. The molecule has 1 aliphatic carbocycles. The molecule has 218 valence electrons. The van der Waals surface area contributed by atoms with Crippen LogP contribution in [0.4, 0.5) is 5.13 Å². The fourth-order valence-corrected chi connectivity index (χ4v) is 6.18. The van der Waals surface area contributed by atoms with Crippen LogP contribution in [0.1, 0.15) is 42.4 Å². The van der Waals surface area contributed by atoms with Crippen molar-refractivity contribution in [1.29, 1.82) is 0 Å². The summed E-state index contributed by atoms with van der Waals surface area (Å²) in [7, 11) is 1.63. The normalized spacial score (nSPS) is 16.0. The molecule has 3 aromatic rings. The highest BCUT2D eigenvalue weighted by atomic mass is 32.1. The average Bonchev–Trinajstić information content (AvgIpc) is 3.66. The molecule has 1 saturated heterocycles. The number of ether oxygens (including phenoxy) is 2. The number of aromatic nitrogens is 2. The van der Waals surface area contributed by atoms with Crippen molar-refractivity contribution in [2.45, 2.75) is 46.0 Å². The van der Waals surface area contributed by atoms with Crippen LogP contribution >= 0.6 is 11.3 Å². The van der Waals surface area contributed by atoms with Crippen LogP contribution in [0, 0.1) is 25.7 Å². The predicted octanol–water partition coefficient (Wildman–Crippen LogP) is 4.99. The van der Waals surface area contributed by atoms with E-state index < -0.39 is 5.97 Å². The number of carboxylic acids is 1. The molecule has 9 nitrogen and oxygen atoms in total. The molecular weight excluding hydrogens is 540 g/mol. The van der Waals surface area contributed by atoms with E-state index in [0.717, 1.165) is 71.2 Å². The summed E-state index contributed by atoms with van der Waals surface area (Å²) in [5.41, 5.74) is 3.90. The van der Waals surface area contributed by atoms with Crippen LogP contribution in [-0.2, 0) is 16.0 Å². The van der Waals surface area contributed by atoms with Gasteiger partial charge in [-0.15, -0.1) is 10.2 Å². The number of aryl methyl sites for hydroxylation is 2. The molecule has 0 unspecified atom stereocenters. The van der Waals surface area contributed by atoms with Crippen LogP contribution in [0.15, 0.2) is 36.4 Å². The summed E-state index contributed by atoms with van der Waals surface area (Å²) < 4.78 is 11.5. The number of nitrogens with zero attached hydrogens (tertiary/aromatic N) is 4. The van der Waals surface area contributed by atoms with E-state index in [9.17, 15) is 14.7 Å². The fraction of sp³-hybridized carbons (Fsp3) is 0.484. The van der Waals surface area contributed by atoms with Gasteiger partial charge in [-0.3, -0.25) is 19.4 Å². The van der Waals surface area contributed by atoms with Crippen LogP contribution < -0.4 is 14.4 Å². The van der Waals surface area contributed by atoms with Crippen molar-refractivity contribution >= 4 is 28.3 Å². The van der Waals surface area contributed by atoms with Gasteiger partial charge in [0.05, 0.1) is 19.4 Å². The molecule has 2 fully saturated rings. The Morgan fingerprint density at radius 1 is 1.07 bits per heavy atom. The van der Waals surface area contributed by atoms with Gasteiger partial charge in [0.1, 0.15) is 23.1 Å². The Labute approximate surface area is 245 Å². The van der Waals surface area contributed by atoms with Gasteiger partial charge in [-0.05, 0) is 99.5 Å². The van der Waals surface area contributed by atoms with Crippen LogP contribution in [-0.4, -0.2) is 72.0 Å². The van der Waals surface area contributed by atoms with Crippen molar-refractivity contribution in [3.8, 4) is 22.1 Å². The number of carboxylic acid groups (broad SMARTS) is 1. The zero-order valence-corrected chi connectivity index (χ0v) is 24.8. The molecule has 0 atom stereocenters. The standard InChI is InChI=1S/C31H38N4O5S/c1-20-15-25(16-21(2)28(20)40-14-13-34-11-9-24(10-12-34)30(37)38)29-32-33-31(41-29)35(19-22-7-8-22)27(36)18-23-5-4-6-26(17-23)39-3/h4-6,15-17,22,24H,7-14,18-19H2,1-3H3,(H,37,38). The molecule has 1 amide bonds. The molecule has 41 heavy (non-hydrogen) atoms. The van der Waals surface area contributed by atoms with Crippen molar-refractivity contribution in [1.82, 2.24) is 15.1 Å². The molecule has 0 spiro atoms. The van der Waals surface area contributed by atoms with E-state index in [-0.39, 0.29) is 18.2 Å². The number of hydrogen-bond donors (Lipinski definition) is 1. The Balaban J connectivity index is 1.23. The summed E-state index contributed by atoms with van der Waals surface area (Å²) in [6, 6.07) is 11.7. The van der Waals surface area contributed by atoms with Gasteiger partial charge in [0.2, 0.25) is 11.0 Å². The van der Waals surface area contributed by atoms with Gasteiger partial charge in [-0.25, -0.2) is 0 Å². The van der Waals surface area contributed by atoms with Crippen molar-refractivity contribution in [2.75, 3.05) is 44.8 Å². The van der Waals surface area contributed by atoms with E-state index in [1.54, 1.807) is 12.0 Å². The monoisotopic (exact) mass is 578 g/mol. The van der Waals surface area contributed by atoms with Crippen LogP contribution in [0.25, 0.3) is 10.6 Å². The summed E-state index contributed by atoms with van der Waals surface area (Å²) in [6.45, 7) is 7.62. The van der Waals surface area contributed by atoms with Crippen LogP contribution in [0.5, 0.6) is 11.5 Å². The molecule has 2 aliphatic rings. The fourth-order valence-electron chi connectivity index (χ4n) is 5.32. The maximum atomic E-state index is 13.4. The topological polar surface area (TPSA) is 105 Å². The number of likely N-dealkylation sites (tertiary alicyclic amines) is 1. The smallest absolute Gasteiger partial charge is 0.306 e. The first-order valence-corrected chi connectivity index (χ1v) is 15.1. The molecule has 0 bridgehead atoms. The molecule has 10 heteroatoms. The first kappa shape index (κ1) is 29.0. The molecule has 2 aromatic carbocycles. The summed E-state index contributed by atoms with van der Waals surface area (Å²) >= 11 is 1.44. The predicted molar refractivity (Wildman–Crippen MR) is 159 cm³/mol. The van der Waals surface area contributed by atoms with Gasteiger partial charge in [0.25, 0.3) is 0 Å². The Morgan fingerprint density at radius 2 is 1.80 bits per heavy atom. The average molecular weight is 579 g/mol. The van der Waals surface area contributed by atoms with E-state index >= 15 is 0 Å². The van der Waals surface area contributed by atoms with Crippen molar-refractivity contribution in [2.24, 2.45) is 11.8 Å². The van der Waals surface area contributed by atoms with Gasteiger partial charge >= 0.3 is 5.97 Å². The van der Waals surface area contributed by atoms with E-state index in [0.29, 0.717) is 37.0 Å². The molecule has 0 radical (unpaired) electrons. The van der Waals surface area contributed by atoms with Crippen molar-refractivity contribution < 1.29 is 24.2 Å². The number of hydrogen-bond acceptors (Lipinski definition) is 8. The van der Waals surface area contributed by atoms with Gasteiger partial charge < -0.3 is 14.6 Å². The second kappa shape index (κ2) is 13.0. The highest BCUT2D eigenvalue weighted by molar-refractivity contribution is 7.18. The third-order valence-electron chi connectivity index (χ3n) is 7.87. The second-order valence-electron chi connectivity index (χ2n) is 11.1. The quantitative estimate of drug-likeness (QED) is 0.321. The third-order valence-corrected chi connectivity index (χ3v) is 8.87. The third kappa shape index (κ3) is 7.42. The number of benzene rings is 2. The number of methoxy groups -OCH3 is 1. The van der Waals surface area contributed by atoms with Gasteiger partial charge in [0.15, 0.2) is 0 Å². The van der Waals surface area contributed by atoms with E-state index in [2.05, 4.69) is 27.2 Å². The number of amides is 1. The Kier molecular flexibility index (Phi) is 9.19. The highest BCUT2D eigenvalue weighted by Crippen LogP contribution is 2.36. The molecular formula is C31H38N4O5S. The molecule has 1 aromatic heterocycles. The number of piperidine rings is 1. The molecule has 2 heterocycles. The maximum absolute atomic E-state index is 13.4. The second-order valence-corrected chi connectivity index (χ2v) is 12.1. The zero-order valence-electron chi connectivity index (χ0n) is 24.0. The Hall–Kier alpha value is -3.50. The lowest BCUT2D eigenvalue weighted by atomic mass is 9.97. The lowest BCUT2D eigenvalue weighted by Crippen LogP contribution is -2.38. The Bertz CT molecular complexity index is 1360. The lowest BCUT2D eigenvalue weighted by Gasteiger charge is -2.30. The zero-order chi connectivity index (χ0) is 28.9. The molecule has 1 saturated carbocycles. The highest BCUT2D eigenvalue weighted by Gasteiger charge is 2.30. The number of aliphatic carboxylic acids is 1. The van der Waals surface area contributed by atoms with Crippen molar-refractivity contribution in [3.05, 3.63) is 53.1 Å². The van der Waals surface area contributed by atoms with Crippen LogP contribution in [0.2, 0.25) is 0 Å².